The van der Waals surface area contributed by atoms with Crippen LogP contribution in [0.3, 0.4) is 0 Å². The van der Waals surface area contributed by atoms with Gasteiger partial charge >= 0.3 is 0 Å². The standard InChI is InChI=1S/C27H27N3O3/c28-20-21-10-12-23(13-11-21)30-16-14-22(15-17-30)29-27(31)25-8-4-5-9-26(25)33-19-18-32-24-6-2-1-3-7-24/h1-13,22H,14-19H2,(H,29,31). The molecule has 33 heavy (non-hydrogen) atoms. The Hall–Kier alpha value is -3.98. The third kappa shape index (κ3) is 6.05. The minimum Gasteiger partial charge on any atom is -0.490 e. The van der Waals surface area contributed by atoms with E-state index in [2.05, 4.69) is 16.3 Å². The summed E-state index contributed by atoms with van der Waals surface area (Å²) in [4.78, 5) is 15.2. The van der Waals surface area contributed by atoms with Crippen LogP contribution in [0.1, 0.15) is 28.8 Å². The van der Waals surface area contributed by atoms with Crippen LogP contribution in [0.15, 0.2) is 78.9 Å². The largest absolute Gasteiger partial charge is 0.490 e. The summed E-state index contributed by atoms with van der Waals surface area (Å²) in [5, 5.41) is 12.1. The highest BCUT2D eigenvalue weighted by molar-refractivity contribution is 5.97. The van der Waals surface area contributed by atoms with E-state index in [4.69, 9.17) is 14.7 Å². The van der Waals surface area contributed by atoms with Crippen LogP contribution in [0.4, 0.5) is 5.69 Å². The highest BCUT2D eigenvalue weighted by Crippen LogP contribution is 2.22. The number of piperidine rings is 1. The van der Waals surface area contributed by atoms with Crippen LogP contribution in [0, 0.1) is 11.3 Å². The SMILES string of the molecule is N#Cc1ccc(N2CCC(NC(=O)c3ccccc3OCCOc3ccccc3)CC2)cc1. The van der Waals surface area contributed by atoms with Crippen molar-refractivity contribution in [1.82, 2.24) is 5.32 Å². The number of para-hydroxylation sites is 2. The van der Waals surface area contributed by atoms with Crippen LogP contribution in [0.2, 0.25) is 0 Å². The van der Waals surface area contributed by atoms with E-state index in [-0.39, 0.29) is 11.9 Å². The first-order valence-electron chi connectivity index (χ1n) is 11.2. The van der Waals surface area contributed by atoms with E-state index in [9.17, 15) is 4.79 Å². The summed E-state index contributed by atoms with van der Waals surface area (Å²) in [6.07, 6.45) is 1.72. The Balaban J connectivity index is 1.27. The smallest absolute Gasteiger partial charge is 0.255 e. The van der Waals surface area contributed by atoms with Gasteiger partial charge in [0.05, 0.1) is 17.2 Å². The van der Waals surface area contributed by atoms with Crippen LogP contribution in [-0.2, 0) is 0 Å². The first kappa shape index (κ1) is 22.2. The molecule has 3 aromatic rings. The van der Waals surface area contributed by atoms with Crippen LogP contribution in [-0.4, -0.2) is 38.3 Å². The number of hydrogen-bond acceptors (Lipinski definition) is 5. The molecule has 1 amide bonds. The Morgan fingerprint density at radius 3 is 2.30 bits per heavy atom. The Morgan fingerprint density at radius 1 is 0.909 bits per heavy atom. The molecule has 1 aliphatic heterocycles. The molecule has 0 unspecified atom stereocenters. The maximum Gasteiger partial charge on any atom is 0.255 e. The van der Waals surface area contributed by atoms with Gasteiger partial charge in [-0.15, -0.1) is 0 Å². The molecule has 0 aliphatic carbocycles. The maximum absolute atomic E-state index is 12.9. The molecule has 6 nitrogen and oxygen atoms in total. The zero-order valence-corrected chi connectivity index (χ0v) is 18.4. The van der Waals surface area contributed by atoms with Gasteiger partial charge < -0.3 is 19.7 Å². The number of benzene rings is 3. The van der Waals surface area contributed by atoms with Gasteiger partial charge in [0.25, 0.3) is 5.91 Å². The molecule has 1 aliphatic rings. The van der Waals surface area contributed by atoms with Crippen molar-refractivity contribution in [3.63, 3.8) is 0 Å². The number of nitrogens with zero attached hydrogens (tertiary/aromatic N) is 2. The molecule has 3 aromatic carbocycles. The summed E-state index contributed by atoms with van der Waals surface area (Å²) in [6, 6.07) is 26.8. The van der Waals surface area contributed by atoms with Gasteiger partial charge in [0.1, 0.15) is 24.7 Å². The van der Waals surface area contributed by atoms with E-state index >= 15 is 0 Å². The van der Waals surface area contributed by atoms with E-state index in [1.807, 2.05) is 72.8 Å². The van der Waals surface area contributed by atoms with E-state index in [1.165, 1.54) is 0 Å². The maximum atomic E-state index is 12.9. The molecule has 1 fully saturated rings. The highest BCUT2D eigenvalue weighted by atomic mass is 16.5. The summed E-state index contributed by atoms with van der Waals surface area (Å²) in [5.74, 6) is 1.23. The lowest BCUT2D eigenvalue weighted by Gasteiger charge is -2.34. The summed E-state index contributed by atoms with van der Waals surface area (Å²) in [5.41, 5.74) is 2.30. The van der Waals surface area contributed by atoms with E-state index < -0.39 is 0 Å². The number of amides is 1. The zero-order valence-electron chi connectivity index (χ0n) is 18.4. The Morgan fingerprint density at radius 2 is 1.58 bits per heavy atom. The number of carbonyl (C=O) groups is 1. The second-order valence-corrected chi connectivity index (χ2v) is 7.90. The number of nitriles is 1. The van der Waals surface area contributed by atoms with Crippen molar-refractivity contribution >= 4 is 11.6 Å². The van der Waals surface area contributed by atoms with Gasteiger partial charge in [-0.05, 0) is 61.4 Å². The molecule has 1 N–H and O–H groups in total. The molecule has 168 valence electrons. The lowest BCUT2D eigenvalue weighted by Crippen LogP contribution is -2.44. The molecule has 1 saturated heterocycles. The van der Waals surface area contributed by atoms with Crippen molar-refractivity contribution in [2.24, 2.45) is 0 Å². The lowest BCUT2D eigenvalue weighted by molar-refractivity contribution is 0.0926. The number of anilines is 1. The Bertz CT molecular complexity index is 1090. The summed E-state index contributed by atoms with van der Waals surface area (Å²) < 4.78 is 11.5. The Labute approximate surface area is 194 Å². The second-order valence-electron chi connectivity index (χ2n) is 7.90. The van der Waals surface area contributed by atoms with E-state index in [1.54, 1.807) is 6.07 Å². The predicted octanol–water partition coefficient (Wildman–Crippen LogP) is 4.41. The molecule has 6 heteroatoms. The average molecular weight is 442 g/mol. The minimum atomic E-state index is -0.119. The fourth-order valence-corrected chi connectivity index (χ4v) is 3.90. The van der Waals surface area contributed by atoms with Gasteiger partial charge in [0, 0.05) is 24.8 Å². The molecule has 1 heterocycles. The lowest BCUT2D eigenvalue weighted by atomic mass is 10.0. The molecule has 0 spiro atoms. The monoisotopic (exact) mass is 441 g/mol. The van der Waals surface area contributed by atoms with E-state index in [0.29, 0.717) is 30.1 Å². The molecular weight excluding hydrogens is 414 g/mol. The van der Waals surface area contributed by atoms with Gasteiger partial charge in [0.2, 0.25) is 0 Å². The number of carbonyl (C=O) groups excluding carboxylic acids is 1. The second kappa shape index (κ2) is 11.1. The minimum absolute atomic E-state index is 0.113. The molecule has 0 radical (unpaired) electrons. The summed E-state index contributed by atoms with van der Waals surface area (Å²) in [6.45, 7) is 2.45. The third-order valence-corrected chi connectivity index (χ3v) is 5.68. The average Bonchev–Trinajstić information content (AvgIpc) is 2.88. The molecule has 0 saturated carbocycles. The van der Waals surface area contributed by atoms with Crippen LogP contribution in [0.5, 0.6) is 11.5 Å². The van der Waals surface area contributed by atoms with Crippen molar-refractivity contribution in [3.05, 3.63) is 90.0 Å². The van der Waals surface area contributed by atoms with Crippen molar-refractivity contribution in [2.75, 3.05) is 31.2 Å². The van der Waals surface area contributed by atoms with Crippen molar-refractivity contribution < 1.29 is 14.3 Å². The van der Waals surface area contributed by atoms with Gasteiger partial charge in [-0.3, -0.25) is 4.79 Å². The number of hydrogen-bond donors (Lipinski definition) is 1. The summed E-state index contributed by atoms with van der Waals surface area (Å²) in [7, 11) is 0. The third-order valence-electron chi connectivity index (χ3n) is 5.68. The van der Waals surface area contributed by atoms with Crippen molar-refractivity contribution in [3.8, 4) is 17.6 Å². The number of rotatable bonds is 8. The molecule has 0 atom stereocenters. The van der Waals surface area contributed by atoms with Gasteiger partial charge in [-0.2, -0.15) is 5.26 Å². The highest BCUT2D eigenvalue weighted by Gasteiger charge is 2.22. The molecular formula is C27H27N3O3. The van der Waals surface area contributed by atoms with Gasteiger partial charge in [-0.25, -0.2) is 0 Å². The van der Waals surface area contributed by atoms with Crippen LogP contribution in [0.25, 0.3) is 0 Å². The molecule has 0 aromatic heterocycles. The molecule has 0 bridgehead atoms. The first-order chi connectivity index (χ1) is 16.2. The van der Waals surface area contributed by atoms with Crippen molar-refractivity contribution in [1.29, 1.82) is 5.26 Å². The Kier molecular flexibility index (Phi) is 7.44. The normalized spacial score (nSPS) is 13.7. The fraction of sp³-hybridized carbons (Fsp3) is 0.259. The zero-order chi connectivity index (χ0) is 22.9. The predicted molar refractivity (Wildman–Crippen MR) is 128 cm³/mol. The van der Waals surface area contributed by atoms with Crippen molar-refractivity contribution in [2.45, 2.75) is 18.9 Å². The number of ether oxygens (including phenoxy) is 2. The van der Waals surface area contributed by atoms with E-state index in [0.717, 1.165) is 37.4 Å². The van der Waals surface area contributed by atoms with Gasteiger partial charge in [0.15, 0.2) is 0 Å². The fourth-order valence-electron chi connectivity index (χ4n) is 3.90. The van der Waals surface area contributed by atoms with Crippen LogP contribution >= 0.6 is 0 Å². The molecule has 4 rings (SSSR count). The topological polar surface area (TPSA) is 74.6 Å². The first-order valence-corrected chi connectivity index (χ1v) is 11.2. The quantitative estimate of drug-likeness (QED) is 0.524. The number of nitrogens with one attached hydrogen (secondary N) is 1. The van der Waals surface area contributed by atoms with Crippen LogP contribution < -0.4 is 19.7 Å². The van der Waals surface area contributed by atoms with Gasteiger partial charge in [-0.1, -0.05) is 30.3 Å². The summed E-state index contributed by atoms with van der Waals surface area (Å²) >= 11 is 0.